The summed E-state index contributed by atoms with van der Waals surface area (Å²) in [4.78, 5) is 24.1. The molecule has 2 N–H and O–H groups in total. The zero-order valence-electron chi connectivity index (χ0n) is 14.8. The fourth-order valence-electron chi connectivity index (χ4n) is 3.07. The minimum absolute atomic E-state index is 0.105. The quantitative estimate of drug-likeness (QED) is 0.630. The maximum absolute atomic E-state index is 12.3. The molecular weight excluding hydrogens is 330 g/mol. The molecule has 0 saturated heterocycles. The van der Waals surface area contributed by atoms with Crippen molar-refractivity contribution in [3.05, 3.63) is 54.0 Å². The largest absolute Gasteiger partial charge is 0.459 e. The first-order valence-electron chi connectivity index (χ1n) is 8.93. The molecule has 0 unspecified atom stereocenters. The summed E-state index contributed by atoms with van der Waals surface area (Å²) in [5.74, 6) is 0.0464. The van der Waals surface area contributed by atoms with Crippen molar-refractivity contribution in [2.24, 2.45) is 11.0 Å². The van der Waals surface area contributed by atoms with E-state index >= 15 is 0 Å². The normalized spacial score (nSPS) is 15.5. The molecule has 0 atom stereocenters. The van der Waals surface area contributed by atoms with Crippen LogP contribution in [0.5, 0.6) is 0 Å². The predicted molar refractivity (Wildman–Crippen MR) is 100 cm³/mol. The minimum atomic E-state index is -0.397. The van der Waals surface area contributed by atoms with Crippen LogP contribution in [0, 0.1) is 5.92 Å². The van der Waals surface area contributed by atoms with Crippen LogP contribution in [-0.4, -0.2) is 17.5 Å². The van der Waals surface area contributed by atoms with Crippen LogP contribution in [-0.2, 0) is 4.79 Å². The fourth-order valence-corrected chi connectivity index (χ4v) is 3.07. The molecule has 2 aromatic rings. The summed E-state index contributed by atoms with van der Waals surface area (Å²) in [7, 11) is 0. The summed E-state index contributed by atoms with van der Waals surface area (Å²) >= 11 is 0. The first-order chi connectivity index (χ1) is 12.6. The summed E-state index contributed by atoms with van der Waals surface area (Å²) in [5.41, 5.74) is 4.76. The van der Waals surface area contributed by atoms with Gasteiger partial charge >= 0.3 is 5.91 Å². The number of carbonyl (C=O) groups excluding carboxylic acids is 2. The minimum Gasteiger partial charge on any atom is -0.459 e. The summed E-state index contributed by atoms with van der Waals surface area (Å²) in [6.45, 7) is 1.80. The summed E-state index contributed by atoms with van der Waals surface area (Å²) in [6.07, 6.45) is 6.89. The Bertz CT molecular complexity index is 773. The van der Waals surface area contributed by atoms with E-state index in [-0.39, 0.29) is 17.6 Å². The highest BCUT2D eigenvalue weighted by atomic mass is 16.3. The number of nitrogens with zero attached hydrogens (tertiary/aromatic N) is 1. The Morgan fingerprint density at radius 1 is 1.08 bits per heavy atom. The van der Waals surface area contributed by atoms with Crippen molar-refractivity contribution in [1.29, 1.82) is 0 Å². The van der Waals surface area contributed by atoms with Gasteiger partial charge in [0.05, 0.1) is 12.0 Å². The molecule has 1 aromatic carbocycles. The topological polar surface area (TPSA) is 83.7 Å². The van der Waals surface area contributed by atoms with Gasteiger partial charge in [-0.05, 0) is 49.6 Å². The van der Waals surface area contributed by atoms with Gasteiger partial charge in [-0.3, -0.25) is 9.59 Å². The van der Waals surface area contributed by atoms with E-state index < -0.39 is 5.91 Å². The van der Waals surface area contributed by atoms with Crippen LogP contribution in [0.2, 0.25) is 0 Å². The molecule has 1 aliphatic rings. The molecule has 1 aliphatic carbocycles. The van der Waals surface area contributed by atoms with Crippen LogP contribution in [0.15, 0.2) is 52.2 Å². The van der Waals surface area contributed by atoms with Gasteiger partial charge in [0.15, 0.2) is 5.76 Å². The van der Waals surface area contributed by atoms with Gasteiger partial charge in [0.25, 0.3) is 0 Å². The third-order valence-corrected chi connectivity index (χ3v) is 4.62. The Labute approximate surface area is 152 Å². The van der Waals surface area contributed by atoms with E-state index in [4.69, 9.17) is 4.42 Å². The molecule has 136 valence electrons. The second-order valence-corrected chi connectivity index (χ2v) is 6.52. The number of rotatable bonds is 5. The highest BCUT2D eigenvalue weighted by molar-refractivity contribution is 6.01. The first kappa shape index (κ1) is 17.9. The van der Waals surface area contributed by atoms with Crippen molar-refractivity contribution in [3.63, 3.8) is 0 Å². The lowest BCUT2D eigenvalue weighted by Gasteiger charge is -2.20. The zero-order valence-corrected chi connectivity index (χ0v) is 14.8. The van der Waals surface area contributed by atoms with Crippen molar-refractivity contribution in [1.82, 2.24) is 5.43 Å². The van der Waals surface area contributed by atoms with E-state index in [0.717, 1.165) is 36.9 Å². The lowest BCUT2D eigenvalue weighted by atomic mass is 9.88. The average Bonchev–Trinajstić information content (AvgIpc) is 3.22. The van der Waals surface area contributed by atoms with Crippen LogP contribution < -0.4 is 10.7 Å². The molecule has 1 aromatic heterocycles. The predicted octanol–water partition coefficient (Wildman–Crippen LogP) is 3.95. The molecular formula is C20H23N3O3. The van der Waals surface area contributed by atoms with Crippen LogP contribution >= 0.6 is 0 Å². The smallest absolute Gasteiger partial charge is 0.307 e. The SMILES string of the molecule is C/C(=N\NC(=O)c1ccco1)c1ccc(NC(=O)C2CCCCC2)cc1. The fraction of sp³-hybridized carbons (Fsp3) is 0.350. The summed E-state index contributed by atoms with van der Waals surface area (Å²) in [6, 6.07) is 10.7. The highest BCUT2D eigenvalue weighted by Gasteiger charge is 2.20. The van der Waals surface area contributed by atoms with Gasteiger partial charge in [-0.25, -0.2) is 5.43 Å². The summed E-state index contributed by atoms with van der Waals surface area (Å²) < 4.78 is 5.01. The van der Waals surface area contributed by atoms with Crippen molar-refractivity contribution >= 4 is 23.2 Å². The van der Waals surface area contributed by atoms with Crippen molar-refractivity contribution in [2.75, 3.05) is 5.32 Å². The van der Waals surface area contributed by atoms with E-state index in [2.05, 4.69) is 15.8 Å². The van der Waals surface area contributed by atoms with Crippen molar-refractivity contribution in [3.8, 4) is 0 Å². The number of nitrogens with one attached hydrogen (secondary N) is 2. The molecule has 0 spiro atoms. The third-order valence-electron chi connectivity index (χ3n) is 4.62. The number of amides is 2. The Kier molecular flexibility index (Phi) is 5.84. The van der Waals surface area contributed by atoms with Crippen LogP contribution in [0.4, 0.5) is 5.69 Å². The van der Waals surface area contributed by atoms with Gasteiger partial charge in [-0.2, -0.15) is 5.10 Å². The Hall–Kier alpha value is -2.89. The van der Waals surface area contributed by atoms with E-state index in [1.807, 2.05) is 24.3 Å². The van der Waals surface area contributed by atoms with Crippen molar-refractivity contribution in [2.45, 2.75) is 39.0 Å². The molecule has 1 heterocycles. The molecule has 3 rings (SSSR count). The molecule has 6 heteroatoms. The second kappa shape index (κ2) is 8.47. The molecule has 0 bridgehead atoms. The van der Waals surface area contributed by atoms with Gasteiger partial charge in [-0.15, -0.1) is 0 Å². The number of hydrogen-bond acceptors (Lipinski definition) is 4. The monoisotopic (exact) mass is 353 g/mol. The van der Waals surface area contributed by atoms with Gasteiger partial charge in [0, 0.05) is 11.6 Å². The number of hydrogen-bond donors (Lipinski definition) is 2. The Balaban J connectivity index is 1.57. The van der Waals surface area contributed by atoms with Crippen LogP contribution in [0.1, 0.15) is 55.1 Å². The molecule has 1 fully saturated rings. The van der Waals surface area contributed by atoms with E-state index in [1.165, 1.54) is 12.7 Å². The van der Waals surface area contributed by atoms with Gasteiger partial charge in [0.2, 0.25) is 5.91 Å². The third kappa shape index (κ3) is 4.59. The lowest BCUT2D eigenvalue weighted by Crippen LogP contribution is -2.24. The van der Waals surface area contributed by atoms with Crippen LogP contribution in [0.25, 0.3) is 0 Å². The molecule has 6 nitrogen and oxygen atoms in total. The molecule has 2 amide bonds. The number of hydrazone groups is 1. The van der Waals surface area contributed by atoms with Gasteiger partial charge < -0.3 is 9.73 Å². The van der Waals surface area contributed by atoms with Crippen molar-refractivity contribution < 1.29 is 14.0 Å². The average molecular weight is 353 g/mol. The Morgan fingerprint density at radius 2 is 1.81 bits per heavy atom. The molecule has 26 heavy (non-hydrogen) atoms. The lowest BCUT2D eigenvalue weighted by molar-refractivity contribution is -0.120. The van der Waals surface area contributed by atoms with E-state index in [9.17, 15) is 9.59 Å². The zero-order chi connectivity index (χ0) is 18.4. The van der Waals surface area contributed by atoms with E-state index in [1.54, 1.807) is 19.1 Å². The first-order valence-corrected chi connectivity index (χ1v) is 8.93. The van der Waals surface area contributed by atoms with Crippen LogP contribution in [0.3, 0.4) is 0 Å². The molecule has 0 radical (unpaired) electrons. The number of furan rings is 1. The second-order valence-electron chi connectivity index (χ2n) is 6.52. The summed E-state index contributed by atoms with van der Waals surface area (Å²) in [5, 5.41) is 7.07. The van der Waals surface area contributed by atoms with Gasteiger partial charge in [0.1, 0.15) is 0 Å². The highest BCUT2D eigenvalue weighted by Crippen LogP contribution is 2.25. The van der Waals surface area contributed by atoms with Gasteiger partial charge in [-0.1, -0.05) is 31.4 Å². The number of carbonyl (C=O) groups is 2. The standard InChI is InChI=1S/C20H23N3O3/c1-14(22-23-20(25)18-8-5-13-26-18)15-9-11-17(12-10-15)21-19(24)16-6-3-2-4-7-16/h5,8-13,16H,2-4,6-7H2,1H3,(H,21,24)(H,23,25)/b22-14+. The maximum atomic E-state index is 12.3. The molecule has 0 aliphatic heterocycles. The maximum Gasteiger partial charge on any atom is 0.307 e. The number of anilines is 1. The van der Waals surface area contributed by atoms with E-state index in [0.29, 0.717) is 5.71 Å². The molecule has 1 saturated carbocycles. The number of benzene rings is 1. The Morgan fingerprint density at radius 3 is 2.46 bits per heavy atom.